The Kier molecular flexibility index (Phi) is 3.60. The number of amides is 1. The van der Waals surface area contributed by atoms with E-state index in [1.54, 1.807) is 4.90 Å². The van der Waals surface area contributed by atoms with Crippen molar-refractivity contribution in [3.05, 3.63) is 96.7 Å². The van der Waals surface area contributed by atoms with Crippen LogP contribution in [0.3, 0.4) is 0 Å². The lowest BCUT2D eigenvalue weighted by Crippen LogP contribution is -2.26. The monoisotopic (exact) mass is 312 g/mol. The summed E-state index contributed by atoms with van der Waals surface area (Å²) in [4.78, 5) is 18.2. The number of aromatic amines is 1. The van der Waals surface area contributed by atoms with Gasteiger partial charge in [-0.05, 0) is 36.4 Å². The molecule has 0 aliphatic rings. The van der Waals surface area contributed by atoms with E-state index >= 15 is 0 Å². The molecule has 0 saturated heterocycles. The quantitative estimate of drug-likeness (QED) is 0.558. The van der Waals surface area contributed by atoms with Crippen molar-refractivity contribution in [2.24, 2.45) is 0 Å². The van der Waals surface area contributed by atoms with Gasteiger partial charge in [0.15, 0.2) is 0 Å². The van der Waals surface area contributed by atoms with E-state index < -0.39 is 0 Å². The third-order valence-corrected chi connectivity index (χ3v) is 3.99. The molecule has 3 aromatic carbocycles. The number of H-pyrrole nitrogens is 1. The fourth-order valence-corrected chi connectivity index (χ4v) is 2.85. The third kappa shape index (κ3) is 2.57. The third-order valence-electron chi connectivity index (χ3n) is 3.99. The molecule has 0 saturated carbocycles. The van der Waals surface area contributed by atoms with Crippen LogP contribution >= 0.6 is 0 Å². The molecule has 0 unspecified atom stereocenters. The molecule has 24 heavy (non-hydrogen) atoms. The first kappa shape index (κ1) is 14.3. The first-order valence-electron chi connectivity index (χ1n) is 7.85. The maximum atomic E-state index is 13.2. The molecule has 0 fully saturated rings. The molecule has 0 bridgehead atoms. The Morgan fingerprint density at radius 1 is 0.708 bits per heavy atom. The Labute approximate surface area is 140 Å². The van der Waals surface area contributed by atoms with Gasteiger partial charge in [0, 0.05) is 22.3 Å². The van der Waals surface area contributed by atoms with Crippen LogP contribution in [-0.2, 0) is 0 Å². The first-order valence-corrected chi connectivity index (χ1v) is 7.85. The van der Waals surface area contributed by atoms with Gasteiger partial charge in [-0.2, -0.15) is 0 Å². The number of carbonyl (C=O) groups excluding carboxylic acids is 1. The van der Waals surface area contributed by atoms with Crippen molar-refractivity contribution in [2.45, 2.75) is 0 Å². The van der Waals surface area contributed by atoms with E-state index in [2.05, 4.69) is 4.98 Å². The van der Waals surface area contributed by atoms with E-state index in [4.69, 9.17) is 0 Å². The van der Waals surface area contributed by atoms with E-state index in [1.807, 2.05) is 91.0 Å². The Hall–Kier alpha value is -3.33. The summed E-state index contributed by atoms with van der Waals surface area (Å²) in [6, 6.07) is 29.2. The van der Waals surface area contributed by atoms with Crippen molar-refractivity contribution >= 4 is 28.2 Å². The van der Waals surface area contributed by atoms with Crippen LogP contribution in [0, 0.1) is 0 Å². The lowest BCUT2D eigenvalue weighted by molar-refractivity contribution is 0.0995. The van der Waals surface area contributed by atoms with E-state index in [1.165, 1.54) is 0 Å². The van der Waals surface area contributed by atoms with Crippen molar-refractivity contribution < 1.29 is 4.79 Å². The topological polar surface area (TPSA) is 36.1 Å². The average Bonchev–Trinajstić information content (AvgIpc) is 3.08. The highest BCUT2D eigenvalue weighted by Gasteiger charge is 2.21. The van der Waals surface area contributed by atoms with Gasteiger partial charge in [0.05, 0.1) is 0 Å². The summed E-state index contributed by atoms with van der Waals surface area (Å²) in [6.07, 6.45) is 0. The number of nitrogens with zero attached hydrogens (tertiary/aromatic N) is 1. The molecule has 1 heterocycles. The fraction of sp³-hybridized carbons (Fsp3) is 0. The number of carbonyl (C=O) groups is 1. The van der Waals surface area contributed by atoms with Crippen LogP contribution in [0.4, 0.5) is 11.4 Å². The summed E-state index contributed by atoms with van der Waals surface area (Å²) in [7, 11) is 0. The highest BCUT2D eigenvalue weighted by molar-refractivity contribution is 6.11. The minimum Gasteiger partial charge on any atom is -0.351 e. The minimum absolute atomic E-state index is 0.0800. The zero-order valence-electron chi connectivity index (χ0n) is 13.0. The predicted octanol–water partition coefficient (Wildman–Crippen LogP) is 5.15. The van der Waals surface area contributed by atoms with Gasteiger partial charge in [0.1, 0.15) is 5.69 Å². The normalized spacial score (nSPS) is 10.7. The fourth-order valence-electron chi connectivity index (χ4n) is 2.85. The minimum atomic E-state index is -0.0800. The molecule has 4 aromatic rings. The number of benzene rings is 3. The Morgan fingerprint density at radius 3 is 1.83 bits per heavy atom. The first-order chi connectivity index (χ1) is 11.8. The van der Waals surface area contributed by atoms with Crippen molar-refractivity contribution in [2.75, 3.05) is 4.90 Å². The van der Waals surface area contributed by atoms with Gasteiger partial charge in [-0.25, -0.2) is 0 Å². The van der Waals surface area contributed by atoms with Crippen LogP contribution in [0.5, 0.6) is 0 Å². The average molecular weight is 312 g/mol. The number of anilines is 2. The molecule has 116 valence electrons. The molecule has 0 aliphatic carbocycles. The van der Waals surface area contributed by atoms with Crippen LogP contribution in [0.1, 0.15) is 10.5 Å². The number of nitrogens with one attached hydrogen (secondary N) is 1. The molecule has 1 N–H and O–H groups in total. The van der Waals surface area contributed by atoms with Gasteiger partial charge in [-0.1, -0.05) is 54.6 Å². The standard InChI is InChI=1S/C21H16N2O/c24-21(20-15-16-9-7-8-14-19(16)22-20)23(17-10-3-1-4-11-17)18-12-5-2-6-13-18/h1-15,22H. The largest absolute Gasteiger partial charge is 0.351 e. The lowest BCUT2D eigenvalue weighted by atomic mass is 10.2. The molecule has 4 rings (SSSR count). The highest BCUT2D eigenvalue weighted by Crippen LogP contribution is 2.28. The van der Waals surface area contributed by atoms with Crippen molar-refractivity contribution in [1.82, 2.24) is 4.98 Å². The molecule has 0 radical (unpaired) electrons. The summed E-state index contributed by atoms with van der Waals surface area (Å²) >= 11 is 0. The zero-order chi connectivity index (χ0) is 16.4. The Morgan fingerprint density at radius 2 is 1.25 bits per heavy atom. The maximum Gasteiger partial charge on any atom is 0.279 e. The molecule has 3 heteroatoms. The molecular formula is C21H16N2O. The van der Waals surface area contributed by atoms with Crippen molar-refractivity contribution in [3.63, 3.8) is 0 Å². The van der Waals surface area contributed by atoms with Gasteiger partial charge in [-0.15, -0.1) is 0 Å². The summed E-state index contributed by atoms with van der Waals surface area (Å²) < 4.78 is 0. The zero-order valence-corrected chi connectivity index (χ0v) is 13.0. The van der Waals surface area contributed by atoms with Gasteiger partial charge in [-0.3, -0.25) is 9.69 Å². The van der Waals surface area contributed by atoms with Crippen LogP contribution in [-0.4, -0.2) is 10.9 Å². The van der Waals surface area contributed by atoms with Crippen LogP contribution in [0.15, 0.2) is 91.0 Å². The van der Waals surface area contributed by atoms with Gasteiger partial charge in [0.25, 0.3) is 5.91 Å². The maximum absolute atomic E-state index is 13.2. The van der Waals surface area contributed by atoms with Crippen LogP contribution in [0.2, 0.25) is 0 Å². The Balaban J connectivity index is 1.82. The van der Waals surface area contributed by atoms with Gasteiger partial charge in [0.2, 0.25) is 0 Å². The van der Waals surface area contributed by atoms with Gasteiger partial charge < -0.3 is 4.98 Å². The number of aromatic nitrogens is 1. The molecule has 0 atom stereocenters. The van der Waals surface area contributed by atoms with Crippen LogP contribution < -0.4 is 4.90 Å². The number of hydrogen-bond donors (Lipinski definition) is 1. The molecule has 1 amide bonds. The van der Waals surface area contributed by atoms with E-state index in [0.29, 0.717) is 5.69 Å². The number of para-hydroxylation sites is 3. The van der Waals surface area contributed by atoms with E-state index in [-0.39, 0.29) is 5.91 Å². The van der Waals surface area contributed by atoms with E-state index in [9.17, 15) is 4.79 Å². The summed E-state index contributed by atoms with van der Waals surface area (Å²) in [5.41, 5.74) is 3.21. The summed E-state index contributed by atoms with van der Waals surface area (Å²) in [5, 5.41) is 1.03. The van der Waals surface area contributed by atoms with E-state index in [0.717, 1.165) is 22.3 Å². The van der Waals surface area contributed by atoms with Crippen molar-refractivity contribution in [3.8, 4) is 0 Å². The summed E-state index contributed by atoms with van der Waals surface area (Å²) in [6.45, 7) is 0. The second-order valence-corrected chi connectivity index (χ2v) is 5.58. The number of fused-ring (bicyclic) bond motifs is 1. The molecule has 1 aromatic heterocycles. The SMILES string of the molecule is O=C(c1cc2ccccc2[nH]1)N(c1ccccc1)c1ccccc1. The number of hydrogen-bond acceptors (Lipinski definition) is 1. The number of rotatable bonds is 3. The molecular weight excluding hydrogens is 296 g/mol. The van der Waals surface area contributed by atoms with Gasteiger partial charge >= 0.3 is 0 Å². The second-order valence-electron chi connectivity index (χ2n) is 5.58. The predicted molar refractivity (Wildman–Crippen MR) is 97.7 cm³/mol. The van der Waals surface area contributed by atoms with Crippen molar-refractivity contribution in [1.29, 1.82) is 0 Å². The summed E-state index contributed by atoms with van der Waals surface area (Å²) in [5.74, 6) is -0.0800. The smallest absolute Gasteiger partial charge is 0.279 e. The van der Waals surface area contributed by atoms with Crippen LogP contribution in [0.25, 0.3) is 10.9 Å². The molecule has 0 spiro atoms. The highest BCUT2D eigenvalue weighted by atomic mass is 16.2. The lowest BCUT2D eigenvalue weighted by Gasteiger charge is -2.22. The molecule has 0 aliphatic heterocycles. The second kappa shape index (κ2) is 6.05. The molecule has 3 nitrogen and oxygen atoms in total. The Bertz CT molecular complexity index is 902.